The molecule has 1 heterocycles. The van der Waals surface area contributed by atoms with Crippen LogP contribution in [0.3, 0.4) is 0 Å². The minimum atomic E-state index is -4.90. The number of Topliss-reactive ketones (excluding diaryl/α,β-unsaturated/α-hetero) is 1. The molecule has 12 heteroatoms. The fourth-order valence-electron chi connectivity index (χ4n) is 6.77. The maximum absolute atomic E-state index is 14.4. The number of nitrogens with zero attached hydrogens (tertiary/aromatic N) is 3. The second-order valence-electron chi connectivity index (χ2n) is 12.0. The molecule has 40 heavy (non-hydrogen) atoms. The van der Waals surface area contributed by atoms with Crippen molar-refractivity contribution in [3.8, 4) is 0 Å². The number of carbonyl (C=O) groups excluding carboxylic acids is 2. The fourth-order valence-corrected chi connectivity index (χ4v) is 7.38. The molecule has 0 aliphatic heterocycles. The molecule has 216 valence electrons. The van der Waals surface area contributed by atoms with Gasteiger partial charge < -0.3 is 10.0 Å². The SMILES string of the molecule is C[C@H](C(=O)O)C1CC(n2ncc(C(=O)N(CC(=O)c3c(Cl)cccc3Cl)C3C[C@H]4[C@H](C3)C4(C)C)c2C(F)(F)F)C1. The third-order valence-electron chi connectivity index (χ3n) is 9.48. The Kier molecular flexibility index (Phi) is 7.26. The molecule has 3 aliphatic rings. The van der Waals surface area contributed by atoms with Gasteiger partial charge in [-0.3, -0.25) is 19.1 Å². The average Bonchev–Trinajstić information content (AvgIpc) is 3.25. The van der Waals surface area contributed by atoms with Crippen LogP contribution in [0.25, 0.3) is 0 Å². The van der Waals surface area contributed by atoms with E-state index in [4.69, 9.17) is 23.2 Å². The first kappa shape index (κ1) is 28.9. The number of aliphatic carboxylic acids is 1. The van der Waals surface area contributed by atoms with Crippen molar-refractivity contribution in [2.45, 2.75) is 64.7 Å². The molecule has 7 nitrogen and oxygen atoms in total. The van der Waals surface area contributed by atoms with Gasteiger partial charge >= 0.3 is 12.1 Å². The predicted octanol–water partition coefficient (Wildman–Crippen LogP) is 6.64. The number of rotatable bonds is 8. The summed E-state index contributed by atoms with van der Waals surface area (Å²) in [4.78, 5) is 39.8. The zero-order chi connectivity index (χ0) is 29.3. The zero-order valence-electron chi connectivity index (χ0n) is 22.2. The van der Waals surface area contributed by atoms with E-state index >= 15 is 0 Å². The van der Waals surface area contributed by atoms with Crippen LogP contribution in [0, 0.1) is 29.1 Å². The largest absolute Gasteiger partial charge is 0.481 e. The molecule has 1 aromatic heterocycles. The number of carboxylic acids is 1. The highest BCUT2D eigenvalue weighted by Crippen LogP contribution is 2.67. The standard InChI is InChI=1S/C28H30Cl2F3N3O4/c1-13(26(39)40)14-7-16(8-14)36-24(28(31,32)33)17(11-34-36)25(38)35(15-9-18-19(10-15)27(18,2)3)12-22(37)23-20(29)5-4-6-21(23)30/h4-6,11,13-16,18-19H,7-10,12H2,1-3H3,(H,39,40)/t13-,14?,16?,18-,19-/m0/s1. The van der Waals surface area contributed by atoms with Crippen LogP contribution in [0.5, 0.6) is 0 Å². The van der Waals surface area contributed by atoms with E-state index in [0.29, 0.717) is 24.7 Å². The van der Waals surface area contributed by atoms with E-state index in [1.807, 2.05) is 0 Å². The van der Waals surface area contributed by atoms with Gasteiger partial charge in [-0.25, -0.2) is 0 Å². The summed E-state index contributed by atoms with van der Waals surface area (Å²) in [7, 11) is 0. The first-order valence-corrected chi connectivity index (χ1v) is 14.0. The lowest BCUT2D eigenvalue weighted by molar-refractivity contribution is -0.150. The molecule has 0 unspecified atom stereocenters. The number of ketones is 1. The van der Waals surface area contributed by atoms with Crippen molar-refractivity contribution in [1.29, 1.82) is 0 Å². The van der Waals surface area contributed by atoms with Crippen LogP contribution in [-0.2, 0) is 11.0 Å². The maximum atomic E-state index is 14.4. The van der Waals surface area contributed by atoms with Gasteiger partial charge in [0.05, 0.1) is 45.9 Å². The number of amides is 1. The number of alkyl halides is 3. The third-order valence-corrected chi connectivity index (χ3v) is 10.1. The van der Waals surface area contributed by atoms with Crippen molar-refractivity contribution >= 4 is 40.9 Å². The van der Waals surface area contributed by atoms with Crippen molar-refractivity contribution in [3.05, 3.63) is 51.3 Å². The third kappa shape index (κ3) is 4.91. The molecule has 1 amide bonds. The Labute approximate surface area is 239 Å². The highest BCUT2D eigenvalue weighted by molar-refractivity contribution is 6.40. The van der Waals surface area contributed by atoms with E-state index in [9.17, 15) is 32.7 Å². The molecular weight excluding hydrogens is 570 g/mol. The number of hydrogen-bond donors (Lipinski definition) is 1. The fraction of sp³-hybridized carbons (Fsp3) is 0.571. The summed E-state index contributed by atoms with van der Waals surface area (Å²) in [5.74, 6) is -2.83. The Morgan fingerprint density at radius 2 is 1.70 bits per heavy atom. The van der Waals surface area contributed by atoms with Gasteiger partial charge in [-0.05, 0) is 61.0 Å². The molecule has 0 radical (unpaired) electrons. The normalized spacial score (nSPS) is 26.1. The molecule has 0 bridgehead atoms. The zero-order valence-corrected chi connectivity index (χ0v) is 23.7. The van der Waals surface area contributed by atoms with Crippen molar-refractivity contribution in [2.75, 3.05) is 6.54 Å². The van der Waals surface area contributed by atoms with Crippen LogP contribution in [0.4, 0.5) is 13.2 Å². The van der Waals surface area contributed by atoms with Crippen LogP contribution in [0.15, 0.2) is 24.4 Å². The second kappa shape index (κ2) is 10.0. The Morgan fingerprint density at radius 3 is 2.23 bits per heavy atom. The Balaban J connectivity index is 1.46. The summed E-state index contributed by atoms with van der Waals surface area (Å²) in [6.07, 6.45) is -2.40. The molecule has 3 atom stereocenters. The van der Waals surface area contributed by atoms with Gasteiger partial charge in [0.15, 0.2) is 11.5 Å². The molecular formula is C28H30Cl2F3N3O4. The number of fused-ring (bicyclic) bond motifs is 1. The summed E-state index contributed by atoms with van der Waals surface area (Å²) < 4.78 is 44.1. The Bertz CT molecular complexity index is 1330. The van der Waals surface area contributed by atoms with Crippen LogP contribution < -0.4 is 0 Å². The molecule has 3 aliphatic carbocycles. The molecule has 0 saturated heterocycles. The van der Waals surface area contributed by atoms with E-state index in [1.54, 1.807) is 6.07 Å². The van der Waals surface area contributed by atoms with Crippen LogP contribution in [0.2, 0.25) is 10.0 Å². The molecule has 3 saturated carbocycles. The van der Waals surface area contributed by atoms with Crippen molar-refractivity contribution < 1.29 is 32.7 Å². The van der Waals surface area contributed by atoms with Crippen LogP contribution in [-0.4, -0.2) is 50.0 Å². The van der Waals surface area contributed by atoms with Gasteiger partial charge in [0, 0.05) is 6.04 Å². The minimum absolute atomic E-state index is 0.0203. The van der Waals surface area contributed by atoms with E-state index in [-0.39, 0.29) is 39.8 Å². The topological polar surface area (TPSA) is 92.5 Å². The minimum Gasteiger partial charge on any atom is -0.481 e. The number of hydrogen-bond acceptors (Lipinski definition) is 4. The monoisotopic (exact) mass is 599 g/mol. The van der Waals surface area contributed by atoms with Gasteiger partial charge in [-0.15, -0.1) is 0 Å². The number of benzene rings is 1. The van der Waals surface area contributed by atoms with E-state index in [0.717, 1.165) is 10.9 Å². The van der Waals surface area contributed by atoms with Crippen LogP contribution in [0.1, 0.15) is 78.9 Å². The van der Waals surface area contributed by atoms with Gasteiger partial charge in [-0.2, -0.15) is 18.3 Å². The quantitative estimate of drug-likeness (QED) is 0.343. The molecule has 2 aromatic rings. The van der Waals surface area contributed by atoms with Gasteiger partial charge in [0.1, 0.15) is 0 Å². The summed E-state index contributed by atoms with van der Waals surface area (Å²) in [5, 5.41) is 13.4. The summed E-state index contributed by atoms with van der Waals surface area (Å²) in [6.45, 7) is 5.31. The van der Waals surface area contributed by atoms with Crippen molar-refractivity contribution in [1.82, 2.24) is 14.7 Å². The lowest BCUT2D eigenvalue weighted by Crippen LogP contribution is -2.44. The van der Waals surface area contributed by atoms with Gasteiger partial charge in [-0.1, -0.05) is 50.0 Å². The highest BCUT2D eigenvalue weighted by atomic mass is 35.5. The summed E-state index contributed by atoms with van der Waals surface area (Å²) in [6, 6.07) is 3.45. The lowest BCUT2D eigenvalue weighted by atomic mass is 9.73. The summed E-state index contributed by atoms with van der Waals surface area (Å²) in [5.41, 5.74) is -1.69. The second-order valence-corrected chi connectivity index (χ2v) is 12.8. The van der Waals surface area contributed by atoms with E-state index in [2.05, 4.69) is 18.9 Å². The van der Waals surface area contributed by atoms with Crippen molar-refractivity contribution in [3.63, 3.8) is 0 Å². The van der Waals surface area contributed by atoms with Crippen LogP contribution >= 0.6 is 23.2 Å². The number of carboxylic acid groups (broad SMARTS) is 1. The predicted molar refractivity (Wildman–Crippen MR) is 141 cm³/mol. The Morgan fingerprint density at radius 1 is 1.12 bits per heavy atom. The van der Waals surface area contributed by atoms with E-state index < -0.39 is 59.6 Å². The summed E-state index contributed by atoms with van der Waals surface area (Å²) >= 11 is 12.4. The smallest absolute Gasteiger partial charge is 0.433 e. The average molecular weight is 600 g/mol. The maximum Gasteiger partial charge on any atom is 0.433 e. The molecule has 0 spiro atoms. The number of halogens is 5. The number of aromatic nitrogens is 2. The number of carbonyl (C=O) groups is 3. The van der Waals surface area contributed by atoms with E-state index in [1.165, 1.54) is 24.0 Å². The molecule has 1 N–H and O–H groups in total. The molecule has 3 fully saturated rings. The first-order valence-electron chi connectivity index (χ1n) is 13.3. The molecule has 5 rings (SSSR count). The highest BCUT2D eigenvalue weighted by Gasteiger charge is 2.63. The molecule has 1 aromatic carbocycles. The van der Waals surface area contributed by atoms with Crippen molar-refractivity contribution in [2.24, 2.45) is 29.1 Å². The Hall–Kier alpha value is -2.59. The van der Waals surface area contributed by atoms with Gasteiger partial charge in [0.25, 0.3) is 5.91 Å². The first-order chi connectivity index (χ1) is 18.6. The lowest BCUT2D eigenvalue weighted by Gasteiger charge is -2.38. The van der Waals surface area contributed by atoms with Gasteiger partial charge in [0.2, 0.25) is 0 Å².